The third kappa shape index (κ3) is 2.03. The topological polar surface area (TPSA) is 55.6 Å². The van der Waals surface area contributed by atoms with Gasteiger partial charge >= 0.3 is 0 Å². The number of para-hydroxylation sites is 2. The van der Waals surface area contributed by atoms with Crippen LogP contribution < -0.4 is 15.4 Å². The summed E-state index contributed by atoms with van der Waals surface area (Å²) in [6.45, 7) is -0.00541. The second-order valence-electron chi connectivity index (χ2n) is 2.83. The number of nitrogens with two attached hydrogens (primary N) is 1. The van der Waals surface area contributed by atoms with Crippen molar-refractivity contribution >= 4 is 11.6 Å². The van der Waals surface area contributed by atoms with E-state index in [1.54, 1.807) is 20.2 Å². The van der Waals surface area contributed by atoms with Crippen LogP contribution in [0.25, 0.3) is 0 Å². The van der Waals surface area contributed by atoms with Crippen molar-refractivity contribution in [3.8, 4) is 5.75 Å². The van der Waals surface area contributed by atoms with Crippen molar-refractivity contribution in [3.05, 3.63) is 24.3 Å². The van der Waals surface area contributed by atoms with Gasteiger partial charge in [0.15, 0.2) is 0 Å². The molecule has 0 saturated heterocycles. The Morgan fingerprint density at radius 2 is 2.14 bits per heavy atom. The number of carbonyl (C=O) groups excluding carboxylic acids is 1. The number of hydrogen-bond donors (Lipinski definition) is 1. The van der Waals surface area contributed by atoms with Crippen LogP contribution in [0.3, 0.4) is 0 Å². The van der Waals surface area contributed by atoms with Gasteiger partial charge < -0.3 is 15.4 Å². The summed E-state index contributed by atoms with van der Waals surface area (Å²) < 4.78 is 5.13. The molecule has 0 fully saturated rings. The minimum absolute atomic E-state index is 0.00541. The number of likely N-dealkylation sites (N-methyl/N-ethyl adjacent to an activating group) is 1. The predicted molar refractivity (Wildman–Crippen MR) is 55.5 cm³/mol. The average molecular weight is 194 g/mol. The van der Waals surface area contributed by atoms with Gasteiger partial charge in [-0.25, -0.2) is 0 Å². The van der Waals surface area contributed by atoms with Crippen LogP contribution in [0.1, 0.15) is 0 Å². The van der Waals surface area contributed by atoms with Crippen molar-refractivity contribution in [1.29, 1.82) is 0 Å². The number of rotatable bonds is 3. The SMILES string of the molecule is COc1ccccc1N(C)C(=O)CN. The largest absolute Gasteiger partial charge is 0.495 e. The van der Waals surface area contributed by atoms with Crippen molar-refractivity contribution < 1.29 is 9.53 Å². The molecule has 0 aliphatic rings. The molecule has 4 nitrogen and oxygen atoms in total. The van der Waals surface area contributed by atoms with E-state index in [4.69, 9.17) is 10.5 Å². The van der Waals surface area contributed by atoms with Gasteiger partial charge in [0.2, 0.25) is 5.91 Å². The van der Waals surface area contributed by atoms with Gasteiger partial charge in [-0.2, -0.15) is 0 Å². The third-order valence-corrected chi connectivity index (χ3v) is 2.00. The summed E-state index contributed by atoms with van der Waals surface area (Å²) in [7, 11) is 3.24. The van der Waals surface area contributed by atoms with E-state index in [2.05, 4.69) is 0 Å². The Bertz CT molecular complexity index is 326. The zero-order valence-corrected chi connectivity index (χ0v) is 8.36. The van der Waals surface area contributed by atoms with Crippen LogP contribution in [0.5, 0.6) is 5.75 Å². The Hall–Kier alpha value is -1.55. The smallest absolute Gasteiger partial charge is 0.240 e. The van der Waals surface area contributed by atoms with Gasteiger partial charge in [0, 0.05) is 7.05 Å². The monoisotopic (exact) mass is 194 g/mol. The van der Waals surface area contributed by atoms with E-state index >= 15 is 0 Å². The third-order valence-electron chi connectivity index (χ3n) is 2.00. The molecule has 0 radical (unpaired) electrons. The van der Waals surface area contributed by atoms with E-state index in [1.807, 2.05) is 18.2 Å². The lowest BCUT2D eigenvalue weighted by atomic mass is 10.2. The Balaban J connectivity index is 2.99. The van der Waals surface area contributed by atoms with E-state index in [0.29, 0.717) is 5.75 Å². The van der Waals surface area contributed by atoms with Crippen molar-refractivity contribution in [2.75, 3.05) is 25.6 Å². The summed E-state index contributed by atoms with van der Waals surface area (Å²) in [6.07, 6.45) is 0. The highest BCUT2D eigenvalue weighted by molar-refractivity contribution is 5.95. The molecule has 0 bridgehead atoms. The van der Waals surface area contributed by atoms with E-state index in [0.717, 1.165) is 5.69 Å². The number of benzene rings is 1. The van der Waals surface area contributed by atoms with Gasteiger partial charge in [0.25, 0.3) is 0 Å². The average Bonchev–Trinajstić information content (AvgIpc) is 2.26. The number of carbonyl (C=O) groups is 1. The van der Waals surface area contributed by atoms with E-state index < -0.39 is 0 Å². The Morgan fingerprint density at radius 3 is 2.71 bits per heavy atom. The molecule has 0 aliphatic carbocycles. The van der Waals surface area contributed by atoms with Crippen LogP contribution in [0.2, 0.25) is 0 Å². The normalized spacial score (nSPS) is 9.64. The molecule has 0 spiro atoms. The molecule has 0 atom stereocenters. The maximum atomic E-state index is 11.3. The molecule has 0 saturated carbocycles. The van der Waals surface area contributed by atoms with E-state index in [-0.39, 0.29) is 12.5 Å². The maximum absolute atomic E-state index is 11.3. The summed E-state index contributed by atoms with van der Waals surface area (Å²) >= 11 is 0. The molecule has 1 rings (SSSR count). The molecule has 14 heavy (non-hydrogen) atoms. The fourth-order valence-electron chi connectivity index (χ4n) is 1.18. The number of amides is 1. The Morgan fingerprint density at radius 1 is 1.50 bits per heavy atom. The highest BCUT2D eigenvalue weighted by Crippen LogP contribution is 2.26. The molecule has 0 aromatic heterocycles. The highest BCUT2D eigenvalue weighted by atomic mass is 16.5. The number of nitrogens with zero attached hydrogens (tertiary/aromatic N) is 1. The number of methoxy groups -OCH3 is 1. The van der Waals surface area contributed by atoms with E-state index in [9.17, 15) is 4.79 Å². The van der Waals surface area contributed by atoms with Crippen molar-refractivity contribution in [3.63, 3.8) is 0 Å². The fraction of sp³-hybridized carbons (Fsp3) is 0.300. The summed E-state index contributed by atoms with van der Waals surface area (Å²) in [6, 6.07) is 7.31. The number of anilines is 1. The molecule has 76 valence electrons. The van der Waals surface area contributed by atoms with Gasteiger partial charge in [-0.1, -0.05) is 12.1 Å². The highest BCUT2D eigenvalue weighted by Gasteiger charge is 2.12. The molecule has 0 unspecified atom stereocenters. The van der Waals surface area contributed by atoms with E-state index in [1.165, 1.54) is 4.90 Å². The molecular weight excluding hydrogens is 180 g/mol. The first-order valence-corrected chi connectivity index (χ1v) is 4.30. The molecule has 2 N–H and O–H groups in total. The predicted octanol–water partition coefficient (Wildman–Crippen LogP) is 0.617. The Kier molecular flexibility index (Phi) is 3.48. The minimum atomic E-state index is -0.144. The van der Waals surface area contributed by atoms with Crippen LogP contribution in [-0.4, -0.2) is 26.6 Å². The lowest BCUT2D eigenvalue weighted by Gasteiger charge is -2.18. The first-order valence-electron chi connectivity index (χ1n) is 4.30. The number of hydrogen-bond acceptors (Lipinski definition) is 3. The lowest BCUT2D eigenvalue weighted by molar-refractivity contribution is -0.117. The van der Waals surface area contributed by atoms with Gasteiger partial charge in [0.05, 0.1) is 19.3 Å². The van der Waals surface area contributed by atoms with Crippen LogP contribution in [0.15, 0.2) is 24.3 Å². The van der Waals surface area contributed by atoms with Crippen LogP contribution in [0.4, 0.5) is 5.69 Å². The second kappa shape index (κ2) is 4.62. The molecule has 1 aromatic carbocycles. The molecule has 0 aliphatic heterocycles. The quantitative estimate of drug-likeness (QED) is 0.767. The van der Waals surface area contributed by atoms with Crippen LogP contribution in [0, 0.1) is 0 Å². The van der Waals surface area contributed by atoms with Crippen molar-refractivity contribution in [2.45, 2.75) is 0 Å². The molecule has 0 heterocycles. The first kappa shape index (κ1) is 10.5. The Labute approximate surface area is 83.3 Å². The number of ether oxygens (including phenoxy) is 1. The first-order chi connectivity index (χ1) is 6.70. The van der Waals surface area contributed by atoms with Gasteiger partial charge in [0.1, 0.15) is 5.75 Å². The van der Waals surface area contributed by atoms with Gasteiger partial charge in [-0.05, 0) is 12.1 Å². The second-order valence-corrected chi connectivity index (χ2v) is 2.83. The van der Waals surface area contributed by atoms with Gasteiger partial charge in [-0.3, -0.25) is 4.79 Å². The van der Waals surface area contributed by atoms with Crippen LogP contribution in [-0.2, 0) is 4.79 Å². The van der Waals surface area contributed by atoms with Gasteiger partial charge in [-0.15, -0.1) is 0 Å². The minimum Gasteiger partial charge on any atom is -0.495 e. The molecular formula is C10H14N2O2. The summed E-state index contributed by atoms with van der Waals surface area (Å²) in [4.78, 5) is 12.8. The van der Waals surface area contributed by atoms with Crippen molar-refractivity contribution in [2.24, 2.45) is 5.73 Å². The fourth-order valence-corrected chi connectivity index (χ4v) is 1.18. The van der Waals surface area contributed by atoms with Crippen molar-refractivity contribution in [1.82, 2.24) is 0 Å². The summed E-state index contributed by atoms with van der Waals surface area (Å²) in [5, 5.41) is 0. The standard InChI is InChI=1S/C10H14N2O2/c1-12(10(13)7-11)8-5-3-4-6-9(8)14-2/h3-6H,7,11H2,1-2H3. The summed E-state index contributed by atoms with van der Waals surface area (Å²) in [5.41, 5.74) is 6.00. The summed E-state index contributed by atoms with van der Waals surface area (Å²) in [5.74, 6) is 0.520. The zero-order valence-electron chi connectivity index (χ0n) is 8.36. The molecule has 1 aromatic rings. The molecule has 1 amide bonds. The maximum Gasteiger partial charge on any atom is 0.240 e. The lowest BCUT2D eigenvalue weighted by Crippen LogP contribution is -2.32. The van der Waals surface area contributed by atoms with Crippen LogP contribution >= 0.6 is 0 Å². The zero-order chi connectivity index (χ0) is 10.6. The molecule has 4 heteroatoms.